The van der Waals surface area contributed by atoms with Crippen LogP contribution in [0.4, 0.5) is 0 Å². The Morgan fingerprint density at radius 3 is 1.85 bits per heavy atom. The molecule has 0 bridgehead atoms. The Labute approximate surface area is 284 Å². The summed E-state index contributed by atoms with van der Waals surface area (Å²) in [6.45, 7) is 2.52. The number of amides is 3. The number of hydrogen-bond donors (Lipinski definition) is 5. The van der Waals surface area contributed by atoms with Crippen LogP contribution in [0.1, 0.15) is 128 Å². The number of rotatable bonds is 30. The summed E-state index contributed by atoms with van der Waals surface area (Å²) in [6.07, 6.45) is 17.0. The quantitative estimate of drug-likeness (QED) is 0.0751. The molecule has 0 saturated carbocycles. The molecule has 11 nitrogen and oxygen atoms in total. The van der Waals surface area contributed by atoms with Crippen molar-refractivity contribution in [1.82, 2.24) is 14.9 Å². The number of nitrogens with two attached hydrogens (primary N) is 3. The lowest BCUT2D eigenvalue weighted by molar-refractivity contribution is -0.129. The molecule has 0 aliphatic carbocycles. The molecule has 0 unspecified atom stereocenters. The molecule has 1 rings (SSSR count). The Bertz CT molecular complexity index is 1090. The van der Waals surface area contributed by atoms with Crippen LogP contribution in [0.5, 0.6) is 0 Å². The zero-order valence-electron chi connectivity index (χ0n) is 28.9. The number of benzene rings is 1. The molecule has 0 heterocycles. The third kappa shape index (κ3) is 21.1. The van der Waals surface area contributed by atoms with Gasteiger partial charge in [-0.2, -0.15) is 4.31 Å². The lowest BCUT2D eigenvalue weighted by Gasteiger charge is -2.29. The zero-order valence-corrected chi connectivity index (χ0v) is 29.8. The third-order valence-electron chi connectivity index (χ3n) is 8.30. The molecule has 0 aliphatic rings. The van der Waals surface area contributed by atoms with E-state index in [1.165, 1.54) is 51.4 Å². The first-order chi connectivity index (χ1) is 22.6. The Morgan fingerprint density at radius 2 is 1.30 bits per heavy atom. The van der Waals surface area contributed by atoms with Gasteiger partial charge in [-0.05, 0) is 57.2 Å². The molecule has 0 fully saturated rings. The topological polar surface area (TPSA) is 191 Å². The summed E-state index contributed by atoms with van der Waals surface area (Å²) in [6, 6.07) is 7.30. The molecular weight excluding hydrogens is 616 g/mol. The highest BCUT2D eigenvalue weighted by Crippen LogP contribution is 2.15. The monoisotopic (exact) mass is 680 g/mol. The Hall–Kier alpha value is -2.54. The SMILES string of the molecule is CCCCCCCCCCCCCC(=O)N[C@@H](CCCCN)C(=O)N[C@@H](CCCCN)CN(CC(N)=O)S(=O)(=O)Cc1ccccc1. The van der Waals surface area contributed by atoms with Gasteiger partial charge in [0, 0.05) is 19.0 Å². The number of nitrogens with one attached hydrogen (secondary N) is 2. The lowest BCUT2D eigenvalue weighted by atomic mass is 10.0. The van der Waals surface area contributed by atoms with E-state index >= 15 is 0 Å². The molecule has 270 valence electrons. The molecule has 0 saturated heterocycles. The van der Waals surface area contributed by atoms with Crippen molar-refractivity contribution in [3.05, 3.63) is 35.9 Å². The molecule has 2 atom stereocenters. The first-order valence-electron chi connectivity index (χ1n) is 17.9. The summed E-state index contributed by atoms with van der Waals surface area (Å²) in [5, 5.41) is 5.89. The molecular formula is C35H64N6O5S. The van der Waals surface area contributed by atoms with Crippen LogP contribution in [0.25, 0.3) is 0 Å². The van der Waals surface area contributed by atoms with Crippen LogP contribution >= 0.6 is 0 Å². The van der Waals surface area contributed by atoms with E-state index in [-0.39, 0.29) is 24.1 Å². The summed E-state index contributed by atoms with van der Waals surface area (Å²) < 4.78 is 27.9. The van der Waals surface area contributed by atoms with Crippen molar-refractivity contribution in [1.29, 1.82) is 0 Å². The third-order valence-corrected chi connectivity index (χ3v) is 10.1. The van der Waals surface area contributed by atoms with E-state index in [1.54, 1.807) is 30.3 Å². The molecule has 0 aliphatic heterocycles. The van der Waals surface area contributed by atoms with Gasteiger partial charge in [0.2, 0.25) is 27.7 Å². The zero-order chi connectivity index (χ0) is 34.8. The maximum atomic E-state index is 13.6. The normalized spacial score (nSPS) is 12.9. The van der Waals surface area contributed by atoms with Crippen LogP contribution in [-0.4, -0.2) is 68.7 Å². The standard InChI is InChI=1S/C35H64N6O5S/c1-2-3-4-5-6-7-8-9-10-11-15-24-34(43)40-32(23-17-19-26-37)35(44)39-31(22-16-18-25-36)27-41(28-33(38)42)47(45,46)29-30-20-13-12-14-21-30/h12-14,20-21,31-32H,2-11,15-19,22-29,36-37H2,1H3,(H2,38,42)(H,39,44)(H,40,43)/t31-,32-/m0/s1. The number of carbonyl (C=O) groups is 3. The predicted octanol–water partition coefficient (Wildman–Crippen LogP) is 4.23. The Morgan fingerprint density at radius 1 is 0.745 bits per heavy atom. The average Bonchev–Trinajstić information content (AvgIpc) is 3.03. The van der Waals surface area contributed by atoms with Crippen molar-refractivity contribution >= 4 is 27.7 Å². The minimum Gasteiger partial charge on any atom is -0.369 e. The molecule has 0 aromatic heterocycles. The van der Waals surface area contributed by atoms with Crippen LogP contribution in [0.15, 0.2) is 30.3 Å². The molecule has 1 aromatic rings. The number of carbonyl (C=O) groups excluding carboxylic acids is 3. The maximum absolute atomic E-state index is 13.6. The van der Waals surface area contributed by atoms with Crippen LogP contribution in [0, 0.1) is 0 Å². The number of sulfonamides is 1. The highest BCUT2D eigenvalue weighted by molar-refractivity contribution is 7.88. The first kappa shape index (κ1) is 42.5. The average molecular weight is 681 g/mol. The predicted molar refractivity (Wildman–Crippen MR) is 191 cm³/mol. The van der Waals surface area contributed by atoms with Crippen molar-refractivity contribution in [3.63, 3.8) is 0 Å². The fourth-order valence-corrected chi connectivity index (χ4v) is 7.12. The summed E-state index contributed by atoms with van der Waals surface area (Å²) >= 11 is 0. The van der Waals surface area contributed by atoms with Gasteiger partial charge in [0.25, 0.3) is 0 Å². The van der Waals surface area contributed by atoms with Gasteiger partial charge in [-0.1, -0.05) is 108 Å². The van der Waals surface area contributed by atoms with Gasteiger partial charge >= 0.3 is 0 Å². The highest BCUT2D eigenvalue weighted by atomic mass is 32.2. The van der Waals surface area contributed by atoms with Crippen LogP contribution < -0.4 is 27.8 Å². The van der Waals surface area contributed by atoms with E-state index in [4.69, 9.17) is 17.2 Å². The van der Waals surface area contributed by atoms with Crippen molar-refractivity contribution in [2.24, 2.45) is 17.2 Å². The fourth-order valence-electron chi connectivity index (χ4n) is 5.60. The van der Waals surface area contributed by atoms with Crippen LogP contribution in [0.3, 0.4) is 0 Å². The van der Waals surface area contributed by atoms with E-state index in [1.807, 2.05) is 0 Å². The van der Waals surface area contributed by atoms with Crippen LogP contribution in [-0.2, 0) is 30.2 Å². The highest BCUT2D eigenvalue weighted by Gasteiger charge is 2.29. The smallest absolute Gasteiger partial charge is 0.242 e. The Kier molecular flexibility index (Phi) is 23.9. The number of primary amides is 1. The van der Waals surface area contributed by atoms with Gasteiger partial charge < -0.3 is 27.8 Å². The van der Waals surface area contributed by atoms with Gasteiger partial charge in [0.05, 0.1) is 12.3 Å². The summed E-state index contributed by atoms with van der Waals surface area (Å²) in [5.41, 5.74) is 17.4. The van der Waals surface area contributed by atoms with Gasteiger partial charge in [0.1, 0.15) is 6.04 Å². The molecule has 1 aromatic carbocycles. The van der Waals surface area contributed by atoms with Crippen molar-refractivity contribution in [3.8, 4) is 0 Å². The fraction of sp³-hybridized carbons (Fsp3) is 0.743. The van der Waals surface area contributed by atoms with Crippen molar-refractivity contribution in [2.75, 3.05) is 26.2 Å². The van der Waals surface area contributed by atoms with E-state index in [2.05, 4.69) is 17.6 Å². The van der Waals surface area contributed by atoms with Crippen LogP contribution in [0.2, 0.25) is 0 Å². The minimum atomic E-state index is -3.94. The number of hydrogen-bond acceptors (Lipinski definition) is 7. The molecule has 12 heteroatoms. The van der Waals surface area contributed by atoms with Gasteiger partial charge in [0.15, 0.2) is 0 Å². The maximum Gasteiger partial charge on any atom is 0.242 e. The molecule has 8 N–H and O–H groups in total. The van der Waals surface area contributed by atoms with Crippen molar-refractivity contribution < 1.29 is 22.8 Å². The lowest BCUT2D eigenvalue weighted by Crippen LogP contribution is -2.53. The summed E-state index contributed by atoms with van der Waals surface area (Å²) in [7, 11) is -3.94. The minimum absolute atomic E-state index is 0.128. The summed E-state index contributed by atoms with van der Waals surface area (Å²) in [4.78, 5) is 38.4. The molecule has 0 radical (unpaired) electrons. The molecule has 47 heavy (non-hydrogen) atoms. The van der Waals surface area contributed by atoms with Crippen molar-refractivity contribution in [2.45, 2.75) is 140 Å². The number of unbranched alkanes of at least 4 members (excludes halogenated alkanes) is 12. The Balaban J connectivity index is 2.81. The largest absolute Gasteiger partial charge is 0.369 e. The van der Waals surface area contributed by atoms with E-state index in [9.17, 15) is 22.8 Å². The second kappa shape index (κ2) is 26.4. The second-order valence-electron chi connectivity index (χ2n) is 12.7. The van der Waals surface area contributed by atoms with E-state index < -0.39 is 34.6 Å². The van der Waals surface area contributed by atoms with E-state index in [0.29, 0.717) is 63.6 Å². The molecule has 3 amide bonds. The van der Waals surface area contributed by atoms with Gasteiger partial charge in [-0.15, -0.1) is 0 Å². The second-order valence-corrected chi connectivity index (χ2v) is 14.6. The van der Waals surface area contributed by atoms with Gasteiger partial charge in [-0.25, -0.2) is 8.42 Å². The molecule has 0 spiro atoms. The number of nitrogens with zero attached hydrogens (tertiary/aromatic N) is 1. The first-order valence-corrected chi connectivity index (χ1v) is 19.5. The summed E-state index contributed by atoms with van der Waals surface area (Å²) in [5.74, 6) is -1.65. The van der Waals surface area contributed by atoms with Gasteiger partial charge in [-0.3, -0.25) is 14.4 Å². The van der Waals surface area contributed by atoms with E-state index in [0.717, 1.165) is 23.6 Å².